The van der Waals surface area contributed by atoms with E-state index in [9.17, 15) is 13.2 Å². The Balaban J connectivity index is 1.53. The smallest absolute Gasteiger partial charge is 0.270 e. The largest absolute Gasteiger partial charge is 0.457 e. The fourth-order valence-corrected chi connectivity index (χ4v) is 5.48. The molecule has 6 nitrogen and oxygen atoms in total. The van der Waals surface area contributed by atoms with Crippen molar-refractivity contribution in [3.63, 3.8) is 0 Å². The summed E-state index contributed by atoms with van der Waals surface area (Å²) in [7, 11) is -2.65. The number of anilines is 2. The fourth-order valence-electron chi connectivity index (χ4n) is 4.02. The van der Waals surface area contributed by atoms with E-state index in [1.165, 1.54) is 7.05 Å². The second-order valence-corrected chi connectivity index (χ2v) is 9.86. The van der Waals surface area contributed by atoms with Gasteiger partial charge in [-0.05, 0) is 48.0 Å². The highest BCUT2D eigenvalue weighted by Gasteiger charge is 2.39. The van der Waals surface area contributed by atoms with Gasteiger partial charge in [-0.1, -0.05) is 66.7 Å². The van der Waals surface area contributed by atoms with Gasteiger partial charge in [-0.15, -0.1) is 0 Å². The van der Waals surface area contributed by atoms with Gasteiger partial charge in [-0.3, -0.25) is 9.10 Å². The van der Waals surface area contributed by atoms with Crippen molar-refractivity contribution in [2.75, 3.05) is 16.7 Å². The van der Waals surface area contributed by atoms with Gasteiger partial charge in [0.05, 0.1) is 5.69 Å². The quantitative estimate of drug-likeness (QED) is 0.398. The molecule has 1 aliphatic heterocycles. The molecule has 0 unspecified atom stereocenters. The second-order valence-electron chi connectivity index (χ2n) is 7.95. The number of nitrogens with one attached hydrogen (secondary N) is 1. The first-order chi connectivity index (χ1) is 16.9. The molecule has 4 aromatic rings. The summed E-state index contributed by atoms with van der Waals surface area (Å²) in [5, 5.41) is 2.75. The summed E-state index contributed by atoms with van der Waals surface area (Å²) in [5.41, 5.74) is 2.67. The number of hydrogen-bond acceptors (Lipinski definition) is 4. The van der Waals surface area contributed by atoms with Crippen molar-refractivity contribution in [2.45, 2.75) is 0 Å². The van der Waals surface area contributed by atoms with Crippen LogP contribution in [-0.2, 0) is 14.8 Å². The lowest BCUT2D eigenvalue weighted by Gasteiger charge is -2.30. The van der Waals surface area contributed by atoms with Crippen molar-refractivity contribution in [3.8, 4) is 11.5 Å². The van der Waals surface area contributed by atoms with Crippen LogP contribution >= 0.6 is 0 Å². The van der Waals surface area contributed by atoms with Crippen molar-refractivity contribution in [1.29, 1.82) is 0 Å². The minimum absolute atomic E-state index is 0.297. The zero-order valence-corrected chi connectivity index (χ0v) is 19.7. The number of carbonyl (C=O) groups excluding carboxylic acids is 1. The SMILES string of the molecule is CN1c2ccccc2C(c2ccccc2)=C(C(=O)Nc2ccc(Oc3ccccc3)cc2)S1(=O)=O. The minimum atomic E-state index is -4.10. The second kappa shape index (κ2) is 9.12. The van der Waals surface area contributed by atoms with Crippen LogP contribution in [0.5, 0.6) is 11.5 Å². The Bertz CT molecular complexity index is 1510. The summed E-state index contributed by atoms with van der Waals surface area (Å²) < 4.78 is 34.0. The lowest BCUT2D eigenvalue weighted by molar-refractivity contribution is -0.112. The first kappa shape index (κ1) is 22.4. The van der Waals surface area contributed by atoms with Crippen LogP contribution in [0, 0.1) is 0 Å². The predicted octanol–water partition coefficient (Wildman–Crippen LogP) is 5.66. The van der Waals surface area contributed by atoms with Gasteiger partial charge in [0, 0.05) is 23.9 Å². The number of amides is 1. The van der Waals surface area contributed by atoms with E-state index in [2.05, 4.69) is 5.32 Å². The molecule has 0 radical (unpaired) electrons. The molecule has 1 heterocycles. The van der Waals surface area contributed by atoms with Gasteiger partial charge in [0.2, 0.25) is 0 Å². The Hall–Kier alpha value is -4.36. The lowest BCUT2D eigenvalue weighted by atomic mass is 9.95. The average Bonchev–Trinajstić information content (AvgIpc) is 2.88. The molecule has 174 valence electrons. The minimum Gasteiger partial charge on any atom is -0.457 e. The van der Waals surface area contributed by atoms with Crippen LogP contribution in [0.4, 0.5) is 11.4 Å². The molecule has 7 heteroatoms. The molecule has 0 fully saturated rings. The number of rotatable bonds is 5. The van der Waals surface area contributed by atoms with Crippen molar-refractivity contribution in [2.24, 2.45) is 0 Å². The molecular formula is C28H22N2O4S. The highest BCUT2D eigenvalue weighted by Crippen LogP contribution is 2.42. The molecule has 1 N–H and O–H groups in total. The molecule has 0 aliphatic carbocycles. The standard InChI is InChI=1S/C28H22N2O4S/c1-30-25-15-9-8-14-24(25)26(20-10-4-2-5-11-20)27(35(30,32)33)28(31)29-21-16-18-23(19-17-21)34-22-12-6-3-7-13-22/h2-19H,1H3,(H,29,31). The van der Waals surface area contributed by atoms with E-state index in [0.29, 0.717) is 39.6 Å². The molecule has 0 atom stereocenters. The van der Waals surface area contributed by atoms with Crippen LogP contribution < -0.4 is 14.4 Å². The zero-order chi connectivity index (χ0) is 24.4. The van der Waals surface area contributed by atoms with Gasteiger partial charge in [0.25, 0.3) is 15.9 Å². The molecule has 0 bridgehead atoms. The molecular weight excluding hydrogens is 460 g/mol. The Morgan fingerprint density at radius 3 is 2.00 bits per heavy atom. The van der Waals surface area contributed by atoms with Crippen molar-refractivity contribution in [3.05, 3.63) is 125 Å². The van der Waals surface area contributed by atoms with Crippen LogP contribution in [0.15, 0.2) is 114 Å². The number of sulfonamides is 1. The molecule has 1 aliphatic rings. The third kappa shape index (κ3) is 4.29. The Kier molecular flexibility index (Phi) is 5.84. The molecule has 4 aromatic carbocycles. The van der Waals surface area contributed by atoms with E-state index < -0.39 is 15.9 Å². The number of carbonyl (C=O) groups is 1. The Morgan fingerprint density at radius 1 is 0.743 bits per heavy atom. The summed E-state index contributed by atoms with van der Waals surface area (Å²) >= 11 is 0. The topological polar surface area (TPSA) is 75.7 Å². The predicted molar refractivity (Wildman–Crippen MR) is 138 cm³/mol. The summed E-state index contributed by atoms with van der Waals surface area (Å²) in [4.78, 5) is 13.2. The number of para-hydroxylation sites is 2. The number of ether oxygens (including phenoxy) is 1. The fraction of sp³-hybridized carbons (Fsp3) is 0.0357. The van der Waals surface area contributed by atoms with Gasteiger partial charge in [0.15, 0.2) is 4.91 Å². The molecule has 0 spiro atoms. The zero-order valence-electron chi connectivity index (χ0n) is 18.9. The Labute approximate surface area is 204 Å². The van der Waals surface area contributed by atoms with Crippen LogP contribution in [0.25, 0.3) is 5.57 Å². The first-order valence-electron chi connectivity index (χ1n) is 11.0. The monoisotopic (exact) mass is 482 g/mol. The summed E-state index contributed by atoms with van der Waals surface area (Å²) in [6, 6.07) is 32.4. The third-order valence-corrected chi connectivity index (χ3v) is 7.54. The van der Waals surface area contributed by atoms with Crippen LogP contribution in [0.2, 0.25) is 0 Å². The molecule has 35 heavy (non-hydrogen) atoms. The van der Waals surface area contributed by atoms with Crippen molar-refractivity contribution < 1.29 is 17.9 Å². The van der Waals surface area contributed by atoms with Crippen LogP contribution in [0.3, 0.4) is 0 Å². The van der Waals surface area contributed by atoms with E-state index in [0.717, 1.165) is 4.31 Å². The van der Waals surface area contributed by atoms with E-state index in [4.69, 9.17) is 4.74 Å². The maximum atomic E-state index is 13.5. The average molecular weight is 483 g/mol. The van der Waals surface area contributed by atoms with E-state index >= 15 is 0 Å². The van der Waals surface area contributed by atoms with Gasteiger partial charge < -0.3 is 10.1 Å². The summed E-state index contributed by atoms with van der Waals surface area (Å²) in [6.45, 7) is 0. The molecule has 1 amide bonds. The molecule has 0 aromatic heterocycles. The highest BCUT2D eigenvalue weighted by atomic mass is 32.2. The lowest BCUT2D eigenvalue weighted by Crippen LogP contribution is -2.37. The molecule has 0 saturated heterocycles. The van der Waals surface area contributed by atoms with E-state index in [1.807, 2.05) is 60.7 Å². The van der Waals surface area contributed by atoms with E-state index in [-0.39, 0.29) is 4.91 Å². The van der Waals surface area contributed by atoms with E-state index in [1.54, 1.807) is 48.5 Å². The number of fused-ring (bicyclic) bond motifs is 1. The van der Waals surface area contributed by atoms with Crippen molar-refractivity contribution >= 4 is 32.9 Å². The number of hydrogen-bond donors (Lipinski definition) is 1. The normalized spacial score (nSPS) is 14.3. The Morgan fingerprint density at radius 2 is 1.31 bits per heavy atom. The third-order valence-electron chi connectivity index (χ3n) is 5.72. The molecule has 5 rings (SSSR count). The van der Waals surface area contributed by atoms with Gasteiger partial charge in [-0.2, -0.15) is 0 Å². The van der Waals surface area contributed by atoms with Gasteiger partial charge >= 0.3 is 0 Å². The van der Waals surface area contributed by atoms with Crippen LogP contribution in [0.1, 0.15) is 11.1 Å². The first-order valence-corrected chi connectivity index (χ1v) is 12.4. The summed E-state index contributed by atoms with van der Waals surface area (Å²) in [6.07, 6.45) is 0. The van der Waals surface area contributed by atoms with Gasteiger partial charge in [0.1, 0.15) is 11.5 Å². The van der Waals surface area contributed by atoms with Crippen LogP contribution in [-0.4, -0.2) is 21.4 Å². The van der Waals surface area contributed by atoms with Crippen molar-refractivity contribution in [1.82, 2.24) is 0 Å². The maximum Gasteiger partial charge on any atom is 0.270 e. The molecule has 0 saturated carbocycles. The highest BCUT2D eigenvalue weighted by molar-refractivity contribution is 7.97. The van der Waals surface area contributed by atoms with Gasteiger partial charge in [-0.25, -0.2) is 8.42 Å². The summed E-state index contributed by atoms with van der Waals surface area (Å²) in [5.74, 6) is 0.580. The number of benzene rings is 4. The number of nitrogens with zero attached hydrogens (tertiary/aromatic N) is 1. The maximum absolute atomic E-state index is 13.5.